The number of fused-ring (bicyclic) bond motifs is 1. The van der Waals surface area contributed by atoms with Gasteiger partial charge in [0.05, 0.1) is 0 Å². The number of anilines is 1. The average molecular weight is 494 g/mol. The zero-order valence-electron chi connectivity index (χ0n) is 21.4. The van der Waals surface area contributed by atoms with Gasteiger partial charge in [-0.15, -0.1) is 0 Å². The number of aryl methyl sites for hydroxylation is 1. The number of para-hydroxylation sites is 1. The maximum Gasteiger partial charge on any atom is 0.309 e. The Morgan fingerprint density at radius 3 is 2.17 bits per heavy atom. The smallest absolute Gasteiger partial charge is 0.309 e. The van der Waals surface area contributed by atoms with Gasteiger partial charge in [0.2, 0.25) is 5.52 Å². The monoisotopic (exact) mass is 493 g/mol. The van der Waals surface area contributed by atoms with Crippen LogP contribution in [0.1, 0.15) is 82.2 Å². The molecule has 0 radical (unpaired) electrons. The first kappa shape index (κ1) is 26.9. The molecule has 3 aromatic rings. The van der Waals surface area contributed by atoms with Crippen LogP contribution in [0.3, 0.4) is 0 Å². The van der Waals surface area contributed by atoms with Crippen molar-refractivity contribution in [3.63, 3.8) is 0 Å². The maximum atomic E-state index is 11.2. The van der Waals surface area contributed by atoms with E-state index in [9.17, 15) is 9.90 Å². The van der Waals surface area contributed by atoms with E-state index in [-0.39, 0.29) is 6.42 Å². The molecule has 0 bridgehead atoms. The van der Waals surface area contributed by atoms with Crippen LogP contribution in [0.5, 0.6) is 0 Å². The second kappa shape index (κ2) is 14.7. The van der Waals surface area contributed by atoms with Crippen LogP contribution >= 0.6 is 11.3 Å². The van der Waals surface area contributed by atoms with Crippen LogP contribution in [0.25, 0.3) is 22.4 Å². The number of nitrogens with zero attached hydrogens (tertiary/aromatic N) is 2. The van der Waals surface area contributed by atoms with Gasteiger partial charge in [0.1, 0.15) is 11.1 Å². The summed E-state index contributed by atoms with van der Waals surface area (Å²) in [4.78, 5) is 13.7. The Labute approximate surface area is 214 Å². The van der Waals surface area contributed by atoms with E-state index in [0.29, 0.717) is 6.54 Å². The van der Waals surface area contributed by atoms with Crippen LogP contribution in [-0.4, -0.2) is 24.2 Å². The lowest BCUT2D eigenvalue weighted by molar-refractivity contribution is -0.667. The van der Waals surface area contributed by atoms with E-state index in [1.54, 1.807) is 11.3 Å². The molecule has 188 valence electrons. The molecule has 4 nitrogen and oxygen atoms in total. The first-order valence-electron chi connectivity index (χ1n) is 13.3. The Balaban J connectivity index is 1.72. The number of hydrogen-bond acceptors (Lipinski definition) is 3. The number of benzene rings is 2. The molecule has 0 aliphatic carbocycles. The zero-order valence-corrected chi connectivity index (χ0v) is 22.2. The van der Waals surface area contributed by atoms with Crippen LogP contribution in [0.4, 0.5) is 5.69 Å². The minimum atomic E-state index is -0.771. The molecule has 0 amide bonds. The van der Waals surface area contributed by atoms with E-state index in [1.807, 2.05) is 12.1 Å². The van der Waals surface area contributed by atoms with Crippen LogP contribution < -0.4 is 9.47 Å². The molecule has 0 aliphatic heterocycles. The summed E-state index contributed by atoms with van der Waals surface area (Å²) in [5.41, 5.74) is 3.57. The average Bonchev–Trinajstić information content (AvgIpc) is 3.23. The molecule has 0 fully saturated rings. The standard InChI is InChI=1S/C30H40N2O2S/c1-3-5-7-11-22-31(23-12-8-6-4-2)26-18-15-25(16-19-26)17-20-29-32(24-21-30(33)34)27-13-9-10-14-28(27)35-29/h9-10,13-20H,3-8,11-12,21-24H2,1-2H3/p+1. The van der Waals surface area contributed by atoms with Crippen molar-refractivity contribution >= 4 is 45.4 Å². The molecule has 0 atom stereocenters. The lowest BCUT2D eigenvalue weighted by Crippen LogP contribution is -2.36. The van der Waals surface area contributed by atoms with Gasteiger partial charge in [0, 0.05) is 30.9 Å². The molecule has 0 saturated heterocycles. The molecule has 5 heteroatoms. The van der Waals surface area contributed by atoms with Crippen molar-refractivity contribution < 1.29 is 14.5 Å². The summed E-state index contributed by atoms with van der Waals surface area (Å²) in [6.45, 7) is 7.27. The highest BCUT2D eigenvalue weighted by atomic mass is 32.1. The summed E-state index contributed by atoms with van der Waals surface area (Å²) < 4.78 is 3.29. The minimum Gasteiger partial charge on any atom is -0.481 e. The SMILES string of the molecule is CCCCCCN(CCCCCC)c1ccc(C=Cc2sc3ccccc3[n+]2CCC(=O)O)cc1. The summed E-state index contributed by atoms with van der Waals surface area (Å²) in [6.07, 6.45) is 14.7. The van der Waals surface area contributed by atoms with Gasteiger partial charge in [0.15, 0.2) is 6.54 Å². The number of rotatable bonds is 16. The van der Waals surface area contributed by atoms with Gasteiger partial charge in [-0.3, -0.25) is 4.79 Å². The first-order chi connectivity index (χ1) is 17.1. The van der Waals surface area contributed by atoms with Crippen molar-refractivity contribution in [2.45, 2.75) is 78.2 Å². The van der Waals surface area contributed by atoms with Crippen molar-refractivity contribution in [2.24, 2.45) is 0 Å². The molecule has 0 unspecified atom stereocenters. The summed E-state index contributed by atoms with van der Waals surface area (Å²) >= 11 is 1.70. The molecule has 0 spiro atoms. The predicted molar refractivity (Wildman–Crippen MR) is 150 cm³/mol. The molecule has 3 rings (SSSR count). The fourth-order valence-corrected chi connectivity index (χ4v) is 5.50. The Hall–Kier alpha value is -2.66. The number of thiazole rings is 1. The summed E-state index contributed by atoms with van der Waals surface area (Å²) in [5, 5.41) is 10.3. The van der Waals surface area contributed by atoms with Gasteiger partial charge in [0.25, 0.3) is 5.01 Å². The Morgan fingerprint density at radius 1 is 0.886 bits per heavy atom. The molecule has 35 heavy (non-hydrogen) atoms. The van der Waals surface area contributed by atoms with E-state index in [4.69, 9.17) is 0 Å². The zero-order chi connectivity index (χ0) is 24.9. The maximum absolute atomic E-state index is 11.2. The van der Waals surface area contributed by atoms with E-state index in [0.717, 1.165) is 29.2 Å². The highest BCUT2D eigenvalue weighted by Crippen LogP contribution is 2.23. The quantitative estimate of drug-likeness (QED) is 0.163. The first-order valence-corrected chi connectivity index (χ1v) is 14.1. The molecule has 1 heterocycles. The van der Waals surface area contributed by atoms with Crippen molar-refractivity contribution in [2.75, 3.05) is 18.0 Å². The highest BCUT2D eigenvalue weighted by Gasteiger charge is 2.19. The summed E-state index contributed by atoms with van der Waals surface area (Å²) in [5.74, 6) is -0.771. The van der Waals surface area contributed by atoms with E-state index in [2.05, 4.69) is 71.9 Å². The molecule has 0 aliphatic rings. The summed E-state index contributed by atoms with van der Waals surface area (Å²) in [6, 6.07) is 17.1. The van der Waals surface area contributed by atoms with Gasteiger partial charge in [-0.2, -0.15) is 4.57 Å². The number of carboxylic acids is 1. The van der Waals surface area contributed by atoms with E-state index in [1.165, 1.54) is 61.8 Å². The Kier molecular flexibility index (Phi) is 11.3. The molecule has 2 aromatic carbocycles. The van der Waals surface area contributed by atoms with Crippen molar-refractivity contribution in [3.8, 4) is 0 Å². The fraction of sp³-hybridized carbons (Fsp3) is 0.467. The largest absolute Gasteiger partial charge is 0.481 e. The van der Waals surface area contributed by atoms with Crippen LogP contribution in [-0.2, 0) is 11.3 Å². The van der Waals surface area contributed by atoms with E-state index >= 15 is 0 Å². The summed E-state index contributed by atoms with van der Waals surface area (Å²) in [7, 11) is 0. The molecule has 1 aromatic heterocycles. The Morgan fingerprint density at radius 2 is 1.54 bits per heavy atom. The lowest BCUT2D eigenvalue weighted by Gasteiger charge is -2.25. The topological polar surface area (TPSA) is 44.4 Å². The van der Waals surface area contributed by atoms with E-state index < -0.39 is 5.97 Å². The Bertz CT molecular complexity index is 1060. The van der Waals surface area contributed by atoms with Gasteiger partial charge in [-0.1, -0.05) is 88.0 Å². The second-order valence-electron chi connectivity index (χ2n) is 9.24. The number of unbranched alkanes of at least 4 members (excludes halogenated alkanes) is 6. The van der Waals surface area contributed by atoms with Gasteiger partial charge >= 0.3 is 5.97 Å². The van der Waals surface area contributed by atoms with Crippen LogP contribution in [0.2, 0.25) is 0 Å². The molecular formula is C30H41N2O2S+. The third-order valence-electron chi connectivity index (χ3n) is 6.43. The third-order valence-corrected chi connectivity index (χ3v) is 7.56. The van der Waals surface area contributed by atoms with Crippen LogP contribution in [0.15, 0.2) is 48.5 Å². The number of aromatic nitrogens is 1. The highest BCUT2D eigenvalue weighted by molar-refractivity contribution is 7.18. The lowest BCUT2D eigenvalue weighted by atomic mass is 10.1. The van der Waals surface area contributed by atoms with Crippen molar-refractivity contribution in [3.05, 3.63) is 59.1 Å². The van der Waals surface area contributed by atoms with Crippen LogP contribution in [0, 0.1) is 0 Å². The fourth-order valence-electron chi connectivity index (χ4n) is 4.41. The third kappa shape index (κ3) is 8.50. The normalized spacial score (nSPS) is 11.5. The molecular weight excluding hydrogens is 452 g/mol. The number of carboxylic acid groups (broad SMARTS) is 1. The van der Waals surface area contributed by atoms with Crippen molar-refractivity contribution in [1.29, 1.82) is 0 Å². The van der Waals surface area contributed by atoms with Gasteiger partial charge < -0.3 is 10.0 Å². The minimum absolute atomic E-state index is 0.118. The molecule has 0 saturated carbocycles. The predicted octanol–water partition coefficient (Wildman–Crippen LogP) is 7.80. The van der Waals surface area contributed by atoms with Gasteiger partial charge in [-0.05, 0) is 42.7 Å². The number of aliphatic carboxylic acids is 1. The second-order valence-corrected chi connectivity index (χ2v) is 10.3. The van der Waals surface area contributed by atoms with Crippen molar-refractivity contribution in [1.82, 2.24) is 0 Å². The van der Waals surface area contributed by atoms with Gasteiger partial charge in [-0.25, -0.2) is 0 Å². The number of carbonyl (C=O) groups is 1. The number of hydrogen-bond donors (Lipinski definition) is 1. The molecule has 1 N–H and O–H groups in total.